The highest BCUT2D eigenvalue weighted by Gasteiger charge is 2.00. The van der Waals surface area contributed by atoms with E-state index in [1.807, 2.05) is 23.9 Å². The van der Waals surface area contributed by atoms with Gasteiger partial charge >= 0.3 is 0 Å². The molecular weight excluding hydrogens is 258 g/mol. The van der Waals surface area contributed by atoms with Gasteiger partial charge in [-0.3, -0.25) is 9.79 Å². The van der Waals surface area contributed by atoms with Crippen LogP contribution in [-0.4, -0.2) is 43.4 Å². The van der Waals surface area contributed by atoms with Gasteiger partial charge in [0.15, 0.2) is 0 Å². The summed E-state index contributed by atoms with van der Waals surface area (Å²) in [6, 6.07) is 0. The second-order valence-corrected chi connectivity index (χ2v) is 5.31. The molecule has 0 fully saturated rings. The SMILES string of the molecule is CC/C=C\C(=NC)NCC(=O)NCCSCCCC. The predicted molar refractivity (Wildman–Crippen MR) is 86.0 cm³/mol. The third kappa shape index (κ3) is 11.8. The molecule has 0 aliphatic heterocycles. The van der Waals surface area contributed by atoms with Crippen LogP contribution in [0.3, 0.4) is 0 Å². The molecule has 0 aromatic rings. The second-order valence-electron chi connectivity index (χ2n) is 4.09. The zero-order valence-corrected chi connectivity index (χ0v) is 13.2. The van der Waals surface area contributed by atoms with Crippen LogP contribution in [0.4, 0.5) is 0 Å². The van der Waals surface area contributed by atoms with Crippen molar-refractivity contribution >= 4 is 23.5 Å². The summed E-state index contributed by atoms with van der Waals surface area (Å²) in [7, 11) is 1.71. The van der Waals surface area contributed by atoms with Gasteiger partial charge in [0.2, 0.25) is 5.91 Å². The molecular formula is C14H27N3OS. The van der Waals surface area contributed by atoms with Crippen molar-refractivity contribution in [3.05, 3.63) is 12.2 Å². The number of aliphatic imine (C=N–C) groups is 1. The van der Waals surface area contributed by atoms with Gasteiger partial charge in [-0.15, -0.1) is 0 Å². The number of nitrogens with zero attached hydrogens (tertiary/aromatic N) is 1. The van der Waals surface area contributed by atoms with Crippen molar-refractivity contribution in [3.8, 4) is 0 Å². The first kappa shape index (κ1) is 18.0. The van der Waals surface area contributed by atoms with E-state index in [4.69, 9.17) is 0 Å². The number of unbranched alkanes of at least 4 members (excludes halogenated alkanes) is 1. The molecule has 0 aromatic heterocycles. The van der Waals surface area contributed by atoms with E-state index in [0.29, 0.717) is 0 Å². The molecule has 0 rings (SSSR count). The molecule has 19 heavy (non-hydrogen) atoms. The summed E-state index contributed by atoms with van der Waals surface area (Å²) in [4.78, 5) is 15.6. The predicted octanol–water partition coefficient (Wildman–Crippen LogP) is 2.22. The maximum atomic E-state index is 11.6. The highest BCUT2D eigenvalue weighted by atomic mass is 32.2. The Morgan fingerprint density at radius 2 is 2.05 bits per heavy atom. The maximum absolute atomic E-state index is 11.6. The molecule has 0 aromatic carbocycles. The smallest absolute Gasteiger partial charge is 0.239 e. The van der Waals surface area contributed by atoms with E-state index in [9.17, 15) is 4.79 Å². The second kappa shape index (κ2) is 13.5. The monoisotopic (exact) mass is 285 g/mol. The van der Waals surface area contributed by atoms with Crippen molar-refractivity contribution in [2.45, 2.75) is 33.1 Å². The van der Waals surface area contributed by atoms with Crippen molar-refractivity contribution in [2.24, 2.45) is 4.99 Å². The van der Waals surface area contributed by atoms with Crippen LogP contribution in [0.5, 0.6) is 0 Å². The number of hydrogen-bond donors (Lipinski definition) is 2. The zero-order valence-electron chi connectivity index (χ0n) is 12.4. The molecule has 0 bridgehead atoms. The summed E-state index contributed by atoms with van der Waals surface area (Å²) in [6.45, 7) is 5.26. The van der Waals surface area contributed by atoms with Crippen molar-refractivity contribution in [1.82, 2.24) is 10.6 Å². The lowest BCUT2D eigenvalue weighted by molar-refractivity contribution is -0.119. The van der Waals surface area contributed by atoms with Gasteiger partial charge in [-0.2, -0.15) is 11.8 Å². The van der Waals surface area contributed by atoms with Gasteiger partial charge in [-0.05, 0) is 24.7 Å². The van der Waals surface area contributed by atoms with E-state index in [0.717, 1.165) is 24.6 Å². The molecule has 0 aliphatic rings. The van der Waals surface area contributed by atoms with Crippen LogP contribution in [0.15, 0.2) is 17.1 Å². The van der Waals surface area contributed by atoms with Crippen molar-refractivity contribution < 1.29 is 4.79 Å². The molecule has 0 saturated carbocycles. The fourth-order valence-corrected chi connectivity index (χ4v) is 2.23. The lowest BCUT2D eigenvalue weighted by atomic mass is 10.4. The van der Waals surface area contributed by atoms with Gasteiger partial charge in [-0.25, -0.2) is 0 Å². The molecule has 5 heteroatoms. The molecule has 110 valence electrons. The summed E-state index contributed by atoms with van der Waals surface area (Å²) >= 11 is 1.89. The van der Waals surface area contributed by atoms with Crippen LogP contribution in [0.1, 0.15) is 33.1 Å². The van der Waals surface area contributed by atoms with Gasteiger partial charge < -0.3 is 10.6 Å². The Hall–Kier alpha value is -0.970. The van der Waals surface area contributed by atoms with Crippen LogP contribution in [0.25, 0.3) is 0 Å². The van der Waals surface area contributed by atoms with Gasteiger partial charge in [0, 0.05) is 19.3 Å². The first-order chi connectivity index (χ1) is 9.24. The zero-order chi connectivity index (χ0) is 14.3. The molecule has 0 spiro atoms. The van der Waals surface area contributed by atoms with E-state index >= 15 is 0 Å². The molecule has 4 nitrogen and oxygen atoms in total. The molecule has 0 heterocycles. The van der Waals surface area contributed by atoms with Crippen LogP contribution in [0.2, 0.25) is 0 Å². The molecule has 0 atom stereocenters. The van der Waals surface area contributed by atoms with Gasteiger partial charge in [-0.1, -0.05) is 26.3 Å². The topological polar surface area (TPSA) is 53.5 Å². The lowest BCUT2D eigenvalue weighted by Gasteiger charge is -2.07. The largest absolute Gasteiger partial charge is 0.361 e. The number of hydrogen-bond acceptors (Lipinski definition) is 3. The van der Waals surface area contributed by atoms with Crippen LogP contribution >= 0.6 is 11.8 Å². The minimum atomic E-state index is 0.0159. The lowest BCUT2D eigenvalue weighted by Crippen LogP contribution is -2.37. The first-order valence-electron chi connectivity index (χ1n) is 6.96. The molecule has 0 saturated heterocycles. The fourth-order valence-electron chi connectivity index (χ4n) is 1.29. The van der Waals surface area contributed by atoms with E-state index in [1.54, 1.807) is 7.05 Å². The van der Waals surface area contributed by atoms with E-state index in [2.05, 4.69) is 29.5 Å². The molecule has 0 aliphatic carbocycles. The van der Waals surface area contributed by atoms with Gasteiger partial charge in [0.25, 0.3) is 0 Å². The average Bonchev–Trinajstić information content (AvgIpc) is 2.43. The third-order valence-electron chi connectivity index (χ3n) is 2.39. The number of nitrogens with one attached hydrogen (secondary N) is 2. The molecule has 1 amide bonds. The Labute approximate surface area is 121 Å². The van der Waals surface area contributed by atoms with Gasteiger partial charge in [0.05, 0.1) is 6.54 Å². The van der Waals surface area contributed by atoms with Crippen molar-refractivity contribution in [2.75, 3.05) is 31.6 Å². The average molecular weight is 285 g/mol. The molecule has 2 N–H and O–H groups in total. The number of amides is 1. The Balaban J connectivity index is 3.61. The minimum Gasteiger partial charge on any atom is -0.361 e. The Kier molecular flexibility index (Phi) is 12.8. The van der Waals surface area contributed by atoms with Crippen LogP contribution in [0, 0.1) is 0 Å². The van der Waals surface area contributed by atoms with Crippen molar-refractivity contribution in [3.63, 3.8) is 0 Å². The van der Waals surface area contributed by atoms with E-state index in [-0.39, 0.29) is 12.5 Å². The number of rotatable bonds is 10. The van der Waals surface area contributed by atoms with Gasteiger partial charge in [0.1, 0.15) is 5.84 Å². The van der Waals surface area contributed by atoms with Crippen molar-refractivity contribution in [1.29, 1.82) is 0 Å². The minimum absolute atomic E-state index is 0.0159. The van der Waals surface area contributed by atoms with E-state index < -0.39 is 0 Å². The number of allylic oxidation sites excluding steroid dienone is 1. The van der Waals surface area contributed by atoms with Crippen LogP contribution in [-0.2, 0) is 4.79 Å². The van der Waals surface area contributed by atoms with E-state index in [1.165, 1.54) is 18.6 Å². The highest BCUT2D eigenvalue weighted by molar-refractivity contribution is 7.99. The summed E-state index contributed by atoms with van der Waals surface area (Å²) in [6.07, 6.45) is 7.35. The Bertz CT molecular complexity index is 290. The summed E-state index contributed by atoms with van der Waals surface area (Å²) in [5.41, 5.74) is 0. The van der Waals surface area contributed by atoms with Crippen LogP contribution < -0.4 is 10.6 Å². The fraction of sp³-hybridized carbons (Fsp3) is 0.714. The first-order valence-corrected chi connectivity index (χ1v) is 8.11. The third-order valence-corrected chi connectivity index (χ3v) is 3.46. The molecule has 0 radical (unpaired) electrons. The number of thioether (sulfide) groups is 1. The number of amidine groups is 1. The highest BCUT2D eigenvalue weighted by Crippen LogP contribution is 2.02. The maximum Gasteiger partial charge on any atom is 0.239 e. The number of carbonyl (C=O) groups is 1. The quantitative estimate of drug-likeness (QED) is 0.368. The Morgan fingerprint density at radius 3 is 2.68 bits per heavy atom. The summed E-state index contributed by atoms with van der Waals surface area (Å²) in [5.74, 6) is 2.92. The standard InChI is InChI=1S/C14H27N3OS/c1-4-6-8-13(15-3)17-12-14(18)16-9-11-19-10-7-5-2/h6,8H,4-5,7,9-12H2,1-3H3,(H,15,17)(H,16,18)/b8-6-. The molecule has 0 unspecified atom stereocenters. The summed E-state index contributed by atoms with van der Waals surface area (Å²) < 4.78 is 0. The number of carbonyl (C=O) groups excluding carboxylic acids is 1. The summed E-state index contributed by atoms with van der Waals surface area (Å²) in [5, 5.41) is 5.90. The normalized spacial score (nSPS) is 11.8. The Morgan fingerprint density at radius 1 is 1.26 bits per heavy atom.